The second-order valence-electron chi connectivity index (χ2n) is 7.96. The number of halogens is 1. The number of imide groups is 1. The van der Waals surface area contributed by atoms with E-state index in [1.807, 2.05) is 6.92 Å². The Labute approximate surface area is 181 Å². The first kappa shape index (κ1) is 19.7. The number of rotatable bonds is 3. The molecule has 8 nitrogen and oxygen atoms in total. The minimum absolute atomic E-state index is 0.344. The van der Waals surface area contributed by atoms with Crippen molar-refractivity contribution in [1.82, 2.24) is 25.5 Å². The van der Waals surface area contributed by atoms with Crippen molar-refractivity contribution in [2.45, 2.75) is 44.6 Å². The maximum atomic E-state index is 13.3. The Hall–Kier alpha value is -3.27. The Morgan fingerprint density at radius 2 is 1.90 bits per heavy atom. The Kier molecular flexibility index (Phi) is 4.54. The van der Waals surface area contributed by atoms with Crippen molar-refractivity contribution in [1.29, 1.82) is 0 Å². The van der Waals surface area contributed by atoms with Crippen molar-refractivity contribution in [3.05, 3.63) is 46.7 Å². The van der Waals surface area contributed by atoms with Gasteiger partial charge in [-0.3, -0.25) is 15.0 Å². The molecule has 0 bridgehead atoms. The third kappa shape index (κ3) is 3.18. The molecule has 1 aliphatic heterocycles. The van der Waals surface area contributed by atoms with E-state index in [9.17, 15) is 18.8 Å². The first-order chi connectivity index (χ1) is 14.9. The van der Waals surface area contributed by atoms with Crippen LogP contribution < -0.4 is 10.7 Å². The van der Waals surface area contributed by atoms with Crippen LogP contribution in [0.2, 0.25) is 0 Å². The highest BCUT2D eigenvalue weighted by atomic mass is 32.1. The summed E-state index contributed by atoms with van der Waals surface area (Å²) in [6.45, 7) is 1.82. The van der Waals surface area contributed by atoms with E-state index in [-0.39, 0.29) is 5.82 Å². The number of thiophene rings is 1. The van der Waals surface area contributed by atoms with Gasteiger partial charge in [0.15, 0.2) is 0 Å². The van der Waals surface area contributed by atoms with Crippen LogP contribution in [-0.2, 0) is 4.79 Å². The number of hydrogen-bond acceptors (Lipinski definition) is 5. The molecule has 0 unspecified atom stereocenters. The molecule has 1 spiro atoms. The van der Waals surface area contributed by atoms with E-state index in [2.05, 4.69) is 15.8 Å². The van der Waals surface area contributed by atoms with Crippen molar-refractivity contribution in [3.63, 3.8) is 0 Å². The van der Waals surface area contributed by atoms with Gasteiger partial charge in [-0.15, -0.1) is 11.3 Å². The van der Waals surface area contributed by atoms with Crippen molar-refractivity contribution >= 4 is 39.4 Å². The van der Waals surface area contributed by atoms with Crippen LogP contribution in [0.1, 0.15) is 47.5 Å². The van der Waals surface area contributed by atoms with Crippen LogP contribution >= 0.6 is 11.3 Å². The molecular weight excluding hydrogens is 421 g/mol. The number of hydrazine groups is 1. The smallest absolute Gasteiger partial charge is 0.322 e. The number of nitrogens with zero attached hydrogens (tertiary/aromatic N) is 3. The van der Waals surface area contributed by atoms with E-state index < -0.39 is 23.4 Å². The molecule has 10 heteroatoms. The van der Waals surface area contributed by atoms with E-state index in [1.165, 1.54) is 23.5 Å². The van der Waals surface area contributed by atoms with Gasteiger partial charge in [0.2, 0.25) is 0 Å². The number of hydrogen-bond donors (Lipinski definition) is 2. The largest absolute Gasteiger partial charge is 0.344 e. The summed E-state index contributed by atoms with van der Waals surface area (Å²) < 4.78 is 14.9. The van der Waals surface area contributed by atoms with Gasteiger partial charge in [-0.25, -0.2) is 13.9 Å². The Bertz CT molecular complexity index is 1210. The van der Waals surface area contributed by atoms with E-state index in [0.29, 0.717) is 29.1 Å². The SMILES string of the molecule is Cc1nn(-c2ccc(F)cc2)c2sc(C(=O)NN3C(=O)NC4(CCCCC4)C3=O)cc12. The van der Waals surface area contributed by atoms with E-state index in [4.69, 9.17) is 0 Å². The number of urea groups is 1. The number of aromatic nitrogens is 2. The van der Waals surface area contributed by atoms with Crippen molar-refractivity contribution in [2.75, 3.05) is 0 Å². The number of benzene rings is 1. The molecular formula is C21H20FN5O3S. The van der Waals surface area contributed by atoms with E-state index in [0.717, 1.165) is 34.5 Å². The molecule has 5 rings (SSSR count). The molecule has 3 aromatic rings. The standard InChI is InChI=1S/C21H20FN5O3S/c1-12-15-11-16(31-18(15)26(24-12)14-7-5-13(22)6-8-14)17(28)25-27-19(29)21(23-20(27)30)9-3-2-4-10-21/h5-8,11H,2-4,9-10H2,1H3,(H,23,30)(H,25,28). The number of carbonyl (C=O) groups excluding carboxylic acids is 3. The summed E-state index contributed by atoms with van der Waals surface area (Å²) >= 11 is 1.19. The van der Waals surface area contributed by atoms with Gasteiger partial charge in [0.05, 0.1) is 16.3 Å². The quantitative estimate of drug-likeness (QED) is 0.609. The molecule has 2 fully saturated rings. The predicted molar refractivity (Wildman–Crippen MR) is 112 cm³/mol. The Morgan fingerprint density at radius 1 is 1.19 bits per heavy atom. The lowest BCUT2D eigenvalue weighted by atomic mass is 9.82. The maximum Gasteiger partial charge on any atom is 0.344 e. The lowest BCUT2D eigenvalue weighted by Crippen LogP contribution is -2.50. The van der Waals surface area contributed by atoms with Gasteiger partial charge in [-0.1, -0.05) is 19.3 Å². The summed E-state index contributed by atoms with van der Waals surface area (Å²) in [5.41, 5.74) is 2.95. The van der Waals surface area contributed by atoms with Crippen LogP contribution in [0.5, 0.6) is 0 Å². The molecule has 0 radical (unpaired) electrons. The van der Waals surface area contributed by atoms with E-state index >= 15 is 0 Å². The van der Waals surface area contributed by atoms with Crippen LogP contribution in [0.25, 0.3) is 15.9 Å². The summed E-state index contributed by atoms with van der Waals surface area (Å²) in [5, 5.41) is 8.83. The molecule has 2 N–H and O–H groups in total. The summed E-state index contributed by atoms with van der Waals surface area (Å²) in [5.74, 6) is -1.29. The zero-order chi connectivity index (χ0) is 21.8. The molecule has 31 heavy (non-hydrogen) atoms. The average molecular weight is 441 g/mol. The lowest BCUT2D eigenvalue weighted by molar-refractivity contribution is -0.134. The summed E-state index contributed by atoms with van der Waals surface area (Å²) in [7, 11) is 0. The first-order valence-corrected chi connectivity index (χ1v) is 10.9. The minimum Gasteiger partial charge on any atom is -0.322 e. The van der Waals surface area contributed by atoms with Gasteiger partial charge in [-0.05, 0) is 50.1 Å². The normalized spacial score (nSPS) is 18.1. The van der Waals surface area contributed by atoms with Gasteiger partial charge in [-0.2, -0.15) is 10.1 Å². The van der Waals surface area contributed by atoms with Crippen LogP contribution in [0.4, 0.5) is 9.18 Å². The van der Waals surface area contributed by atoms with Crippen LogP contribution in [0, 0.1) is 12.7 Å². The van der Waals surface area contributed by atoms with Crippen molar-refractivity contribution < 1.29 is 18.8 Å². The summed E-state index contributed by atoms with van der Waals surface area (Å²) in [4.78, 5) is 39.2. The molecule has 1 saturated heterocycles. The molecule has 4 amide bonds. The molecule has 1 saturated carbocycles. The topological polar surface area (TPSA) is 96.3 Å². The summed E-state index contributed by atoms with van der Waals surface area (Å²) in [6.07, 6.45) is 3.93. The highest BCUT2D eigenvalue weighted by Crippen LogP contribution is 2.34. The van der Waals surface area contributed by atoms with Crippen molar-refractivity contribution in [3.8, 4) is 5.69 Å². The highest BCUT2D eigenvalue weighted by Gasteiger charge is 2.52. The van der Waals surface area contributed by atoms with Crippen LogP contribution in [0.15, 0.2) is 30.3 Å². The fourth-order valence-electron chi connectivity index (χ4n) is 4.29. The molecule has 3 heterocycles. The monoisotopic (exact) mass is 441 g/mol. The molecule has 1 aliphatic carbocycles. The predicted octanol–water partition coefficient (Wildman–Crippen LogP) is 3.43. The third-order valence-corrected chi connectivity index (χ3v) is 7.03. The minimum atomic E-state index is -0.900. The van der Waals surface area contributed by atoms with Crippen LogP contribution in [0.3, 0.4) is 0 Å². The second-order valence-corrected chi connectivity index (χ2v) is 8.99. The number of amides is 4. The number of aryl methyl sites for hydroxylation is 1. The first-order valence-electron chi connectivity index (χ1n) is 10.1. The highest BCUT2D eigenvalue weighted by molar-refractivity contribution is 7.20. The third-order valence-electron chi connectivity index (χ3n) is 5.92. The lowest BCUT2D eigenvalue weighted by Gasteiger charge is -2.30. The molecule has 0 atom stereocenters. The zero-order valence-corrected chi connectivity index (χ0v) is 17.6. The maximum absolute atomic E-state index is 13.3. The number of nitrogens with one attached hydrogen (secondary N) is 2. The molecule has 2 aromatic heterocycles. The fraction of sp³-hybridized carbons (Fsp3) is 0.333. The van der Waals surface area contributed by atoms with Gasteiger partial charge in [0.1, 0.15) is 16.2 Å². The van der Waals surface area contributed by atoms with Gasteiger partial charge >= 0.3 is 6.03 Å². The molecule has 2 aliphatic rings. The second kappa shape index (κ2) is 7.16. The fourth-order valence-corrected chi connectivity index (χ4v) is 5.36. The van der Waals surface area contributed by atoms with Crippen LogP contribution in [-0.4, -0.2) is 38.2 Å². The van der Waals surface area contributed by atoms with E-state index in [1.54, 1.807) is 22.9 Å². The van der Waals surface area contributed by atoms with Gasteiger partial charge < -0.3 is 5.32 Å². The zero-order valence-electron chi connectivity index (χ0n) is 16.8. The van der Waals surface area contributed by atoms with Gasteiger partial charge in [0.25, 0.3) is 11.8 Å². The molecule has 1 aromatic carbocycles. The molecule has 160 valence electrons. The van der Waals surface area contributed by atoms with Crippen molar-refractivity contribution in [2.24, 2.45) is 0 Å². The number of carbonyl (C=O) groups is 3. The summed E-state index contributed by atoms with van der Waals surface area (Å²) in [6, 6.07) is 6.99. The number of fused-ring (bicyclic) bond motifs is 1. The Balaban J connectivity index is 1.42. The van der Waals surface area contributed by atoms with Gasteiger partial charge in [0, 0.05) is 5.39 Å². The average Bonchev–Trinajstić information content (AvgIpc) is 3.39. The Morgan fingerprint density at radius 3 is 2.61 bits per heavy atom.